The zero-order valence-corrected chi connectivity index (χ0v) is 17.9. The van der Waals surface area contributed by atoms with Gasteiger partial charge < -0.3 is 4.74 Å². The lowest BCUT2D eigenvalue weighted by atomic mass is 9.99. The van der Waals surface area contributed by atoms with Gasteiger partial charge in [0, 0.05) is 16.1 Å². The fraction of sp³-hybridized carbons (Fsp3) is 0.318. The Labute approximate surface area is 177 Å². The minimum absolute atomic E-state index is 0.0412. The lowest BCUT2D eigenvalue weighted by Crippen LogP contribution is -2.09. The molecule has 0 aliphatic carbocycles. The van der Waals surface area contributed by atoms with Crippen LogP contribution >= 0.6 is 23.1 Å². The van der Waals surface area contributed by atoms with Crippen molar-refractivity contribution in [2.75, 3.05) is 0 Å². The first-order chi connectivity index (χ1) is 13.7. The summed E-state index contributed by atoms with van der Waals surface area (Å²) in [6, 6.07) is 10.4. The van der Waals surface area contributed by atoms with Crippen LogP contribution in [0.1, 0.15) is 40.5 Å². The molecule has 0 atom stereocenters. The zero-order valence-electron chi connectivity index (χ0n) is 16.4. The average molecular weight is 440 g/mol. The standard InChI is InChI=1S/C22H21ClF3NOS/c1-4-5-15-8-11-19(14(3)13(15)2)28-12-18-20(16-6-9-17(23)10-7-16)27-29-21(18)22(24,25)26/h6-11H,4-5,12H2,1-3H3. The van der Waals surface area contributed by atoms with Gasteiger partial charge in [-0.05, 0) is 66.7 Å². The number of aromatic nitrogens is 1. The van der Waals surface area contributed by atoms with Gasteiger partial charge in [0.1, 0.15) is 17.2 Å². The largest absolute Gasteiger partial charge is 0.488 e. The topological polar surface area (TPSA) is 22.1 Å². The maximum atomic E-state index is 13.5. The lowest BCUT2D eigenvalue weighted by molar-refractivity contribution is -0.135. The minimum Gasteiger partial charge on any atom is -0.488 e. The fourth-order valence-corrected chi connectivity index (χ4v) is 4.09. The van der Waals surface area contributed by atoms with Crippen molar-refractivity contribution in [2.45, 2.75) is 46.4 Å². The molecule has 0 saturated carbocycles. The van der Waals surface area contributed by atoms with Crippen LogP contribution in [0, 0.1) is 13.8 Å². The number of halogens is 4. The van der Waals surface area contributed by atoms with Crippen molar-refractivity contribution in [3.05, 3.63) is 68.6 Å². The number of aryl methyl sites for hydroxylation is 1. The normalized spacial score (nSPS) is 11.7. The molecule has 0 N–H and O–H groups in total. The number of ether oxygens (including phenoxy) is 1. The third-order valence-corrected chi connectivity index (χ3v) is 6.09. The maximum absolute atomic E-state index is 13.5. The summed E-state index contributed by atoms with van der Waals surface area (Å²) in [5.41, 5.74) is 4.18. The molecule has 0 bridgehead atoms. The van der Waals surface area contributed by atoms with Gasteiger partial charge in [-0.1, -0.05) is 43.1 Å². The van der Waals surface area contributed by atoms with E-state index in [0.29, 0.717) is 27.9 Å². The summed E-state index contributed by atoms with van der Waals surface area (Å²) in [6.45, 7) is 5.84. The van der Waals surface area contributed by atoms with Crippen molar-refractivity contribution >= 4 is 23.1 Å². The Morgan fingerprint density at radius 1 is 1.03 bits per heavy atom. The zero-order chi connectivity index (χ0) is 21.2. The molecule has 3 rings (SSSR count). The van der Waals surface area contributed by atoms with Gasteiger partial charge in [-0.2, -0.15) is 17.5 Å². The molecule has 154 valence electrons. The predicted octanol–water partition coefficient (Wildman–Crippen LogP) is 7.63. The number of nitrogens with zero attached hydrogens (tertiary/aromatic N) is 1. The monoisotopic (exact) mass is 439 g/mol. The molecular weight excluding hydrogens is 419 g/mol. The summed E-state index contributed by atoms with van der Waals surface area (Å²) in [7, 11) is 0. The van der Waals surface area contributed by atoms with Crippen LogP contribution in [0.25, 0.3) is 11.3 Å². The van der Waals surface area contributed by atoms with E-state index in [0.717, 1.165) is 24.0 Å². The molecule has 3 aromatic rings. The summed E-state index contributed by atoms with van der Waals surface area (Å²) in [4.78, 5) is -0.737. The smallest absolute Gasteiger partial charge is 0.427 e. The van der Waals surface area contributed by atoms with E-state index in [4.69, 9.17) is 16.3 Å². The molecule has 0 amide bonds. The van der Waals surface area contributed by atoms with Crippen molar-refractivity contribution in [1.82, 2.24) is 4.37 Å². The van der Waals surface area contributed by atoms with Crippen LogP contribution < -0.4 is 4.74 Å². The second kappa shape index (κ2) is 8.76. The van der Waals surface area contributed by atoms with Crippen molar-refractivity contribution in [3.63, 3.8) is 0 Å². The summed E-state index contributed by atoms with van der Waals surface area (Å²) in [6.07, 6.45) is -2.50. The quantitative estimate of drug-likeness (QED) is 0.394. The average Bonchev–Trinajstić information content (AvgIpc) is 3.10. The van der Waals surface area contributed by atoms with Crippen LogP contribution in [0.3, 0.4) is 0 Å². The Hall–Kier alpha value is -2.05. The van der Waals surface area contributed by atoms with Gasteiger partial charge >= 0.3 is 6.18 Å². The van der Waals surface area contributed by atoms with Crippen molar-refractivity contribution in [2.24, 2.45) is 0 Å². The molecule has 7 heteroatoms. The molecule has 0 aliphatic heterocycles. The summed E-state index contributed by atoms with van der Waals surface area (Å²) < 4.78 is 50.6. The van der Waals surface area contributed by atoms with Crippen molar-refractivity contribution in [1.29, 1.82) is 0 Å². The molecule has 1 heterocycles. The van der Waals surface area contributed by atoms with E-state index in [1.807, 2.05) is 26.0 Å². The van der Waals surface area contributed by atoms with E-state index in [1.165, 1.54) is 5.56 Å². The number of alkyl halides is 3. The third-order valence-electron chi connectivity index (χ3n) is 4.90. The van der Waals surface area contributed by atoms with Gasteiger partial charge in [-0.25, -0.2) is 0 Å². The van der Waals surface area contributed by atoms with Gasteiger partial charge in [0.2, 0.25) is 0 Å². The number of benzene rings is 2. The van der Waals surface area contributed by atoms with E-state index >= 15 is 0 Å². The van der Waals surface area contributed by atoms with Crippen LogP contribution in [-0.4, -0.2) is 4.37 Å². The maximum Gasteiger partial charge on any atom is 0.427 e. The highest BCUT2D eigenvalue weighted by molar-refractivity contribution is 7.06. The molecule has 1 aromatic heterocycles. The number of rotatable bonds is 6. The number of hydrogen-bond acceptors (Lipinski definition) is 3. The highest BCUT2D eigenvalue weighted by Crippen LogP contribution is 2.40. The van der Waals surface area contributed by atoms with Crippen molar-refractivity contribution in [3.8, 4) is 17.0 Å². The Balaban J connectivity index is 1.95. The Morgan fingerprint density at radius 3 is 2.34 bits per heavy atom. The Bertz CT molecular complexity index is 997. The van der Waals surface area contributed by atoms with Crippen LogP contribution in [0.5, 0.6) is 5.75 Å². The van der Waals surface area contributed by atoms with Gasteiger partial charge in [0.25, 0.3) is 0 Å². The van der Waals surface area contributed by atoms with E-state index < -0.39 is 11.1 Å². The predicted molar refractivity (Wildman–Crippen MR) is 112 cm³/mol. The van der Waals surface area contributed by atoms with Crippen LogP contribution in [0.4, 0.5) is 13.2 Å². The van der Waals surface area contributed by atoms with Crippen LogP contribution in [0.15, 0.2) is 36.4 Å². The molecular formula is C22H21ClF3NOS. The van der Waals surface area contributed by atoms with Gasteiger partial charge in [-0.3, -0.25) is 0 Å². The molecule has 2 aromatic carbocycles. The molecule has 0 spiro atoms. The van der Waals surface area contributed by atoms with Crippen LogP contribution in [0.2, 0.25) is 5.02 Å². The summed E-state index contributed by atoms with van der Waals surface area (Å²) in [5.74, 6) is 0.587. The fourth-order valence-electron chi connectivity index (χ4n) is 3.20. The van der Waals surface area contributed by atoms with E-state index in [2.05, 4.69) is 11.3 Å². The molecule has 2 nitrogen and oxygen atoms in total. The molecule has 0 fully saturated rings. The van der Waals surface area contributed by atoms with E-state index in [9.17, 15) is 13.2 Å². The lowest BCUT2D eigenvalue weighted by Gasteiger charge is -2.15. The van der Waals surface area contributed by atoms with Crippen molar-refractivity contribution < 1.29 is 17.9 Å². The minimum atomic E-state index is -4.49. The Morgan fingerprint density at radius 2 is 1.72 bits per heavy atom. The molecule has 0 aliphatic rings. The van der Waals surface area contributed by atoms with Crippen LogP contribution in [-0.2, 0) is 19.2 Å². The first kappa shape index (κ1) is 21.7. The SMILES string of the molecule is CCCc1ccc(OCc2c(-c3ccc(Cl)cc3)nsc2C(F)(F)F)c(C)c1C. The summed E-state index contributed by atoms with van der Waals surface area (Å²) in [5, 5.41) is 0.510. The third kappa shape index (κ3) is 4.75. The first-order valence-electron chi connectivity index (χ1n) is 9.26. The Kier molecular flexibility index (Phi) is 6.54. The first-order valence-corrected chi connectivity index (χ1v) is 10.4. The molecule has 0 unspecified atom stereocenters. The van der Waals surface area contributed by atoms with E-state index in [-0.39, 0.29) is 17.9 Å². The molecule has 0 radical (unpaired) electrons. The molecule has 29 heavy (non-hydrogen) atoms. The van der Waals surface area contributed by atoms with Gasteiger partial charge in [0.05, 0.1) is 5.69 Å². The number of hydrogen-bond donors (Lipinski definition) is 0. The summed E-state index contributed by atoms with van der Waals surface area (Å²) >= 11 is 6.35. The van der Waals surface area contributed by atoms with E-state index in [1.54, 1.807) is 24.3 Å². The highest BCUT2D eigenvalue weighted by atomic mass is 35.5. The van der Waals surface area contributed by atoms with Gasteiger partial charge in [0.15, 0.2) is 0 Å². The second-order valence-electron chi connectivity index (χ2n) is 6.86. The van der Waals surface area contributed by atoms with Gasteiger partial charge in [-0.15, -0.1) is 0 Å². The second-order valence-corrected chi connectivity index (χ2v) is 8.06. The highest BCUT2D eigenvalue weighted by Gasteiger charge is 2.38. The molecule has 0 saturated heterocycles.